The van der Waals surface area contributed by atoms with Crippen LogP contribution in [0.1, 0.15) is 0 Å². The van der Waals surface area contributed by atoms with Crippen molar-refractivity contribution in [2.24, 2.45) is 5.92 Å². The fraction of sp³-hybridized carbons (Fsp3) is 0.857. The quantitative estimate of drug-likeness (QED) is 0.735. The Labute approximate surface area is 103 Å². The minimum Gasteiger partial charge on any atom is -0.475 e. The lowest BCUT2D eigenvalue weighted by molar-refractivity contribution is -0.192. The highest BCUT2D eigenvalue weighted by atomic mass is 32.2. The Morgan fingerprint density at radius 2 is 1.53 bits per heavy atom. The Morgan fingerprint density at radius 3 is 1.68 bits per heavy atom. The molecule has 0 bridgehead atoms. The van der Waals surface area contributed by atoms with Gasteiger partial charge in [0.05, 0.1) is 5.75 Å². The third kappa shape index (κ3) is 6.09. The summed E-state index contributed by atoms with van der Waals surface area (Å²) < 4.78 is 88.0. The van der Waals surface area contributed by atoms with E-state index in [2.05, 4.69) is 5.32 Å². The SMILES string of the molecule is O=C(O)C(F)(F)F.O=S(=O)(CC1CNC1)C(F)(F)F. The summed E-state index contributed by atoms with van der Waals surface area (Å²) in [5, 5.41) is 9.83. The van der Waals surface area contributed by atoms with Crippen molar-refractivity contribution in [2.45, 2.75) is 11.7 Å². The molecule has 0 atom stereocenters. The third-order valence-electron chi connectivity index (χ3n) is 1.92. The van der Waals surface area contributed by atoms with E-state index in [9.17, 15) is 34.8 Å². The molecule has 1 rings (SSSR count). The van der Waals surface area contributed by atoms with Gasteiger partial charge < -0.3 is 10.4 Å². The lowest BCUT2D eigenvalue weighted by Gasteiger charge is -2.26. The molecule has 0 aromatic rings. The monoisotopic (exact) mass is 317 g/mol. The normalized spacial score (nSPS) is 17.2. The summed E-state index contributed by atoms with van der Waals surface area (Å²) >= 11 is 0. The van der Waals surface area contributed by atoms with Crippen molar-refractivity contribution in [1.29, 1.82) is 0 Å². The maximum atomic E-state index is 11.7. The second-order valence-electron chi connectivity index (χ2n) is 3.55. The average Bonchev–Trinajstić information content (AvgIpc) is 2.09. The van der Waals surface area contributed by atoms with Crippen molar-refractivity contribution in [3.05, 3.63) is 0 Å². The molecule has 0 unspecified atom stereocenters. The summed E-state index contributed by atoms with van der Waals surface area (Å²) in [4.78, 5) is 8.90. The Kier molecular flexibility index (Phi) is 5.62. The molecule has 5 nitrogen and oxygen atoms in total. The lowest BCUT2D eigenvalue weighted by atomic mass is 10.1. The van der Waals surface area contributed by atoms with E-state index in [1.54, 1.807) is 0 Å². The van der Waals surface area contributed by atoms with E-state index < -0.39 is 33.2 Å². The minimum absolute atomic E-state index is 0.356. The van der Waals surface area contributed by atoms with Crippen LogP contribution < -0.4 is 5.32 Å². The molecule has 0 radical (unpaired) electrons. The van der Waals surface area contributed by atoms with Gasteiger partial charge in [-0.05, 0) is 5.92 Å². The molecule has 1 saturated heterocycles. The minimum atomic E-state index is -5.09. The van der Waals surface area contributed by atoms with Gasteiger partial charge >= 0.3 is 17.7 Å². The molecule has 19 heavy (non-hydrogen) atoms. The number of hydrogen-bond acceptors (Lipinski definition) is 4. The van der Waals surface area contributed by atoms with Gasteiger partial charge in [-0.25, -0.2) is 13.2 Å². The largest absolute Gasteiger partial charge is 0.497 e. The Balaban J connectivity index is 0.000000399. The van der Waals surface area contributed by atoms with Crippen molar-refractivity contribution >= 4 is 15.8 Å². The van der Waals surface area contributed by atoms with Crippen LogP contribution >= 0.6 is 0 Å². The zero-order valence-corrected chi connectivity index (χ0v) is 9.86. The fourth-order valence-electron chi connectivity index (χ4n) is 0.871. The molecule has 1 aliphatic heterocycles. The molecule has 12 heteroatoms. The van der Waals surface area contributed by atoms with Crippen LogP contribution in [0.25, 0.3) is 0 Å². The molecule has 0 saturated carbocycles. The first-order valence-corrected chi connectivity index (χ1v) is 6.22. The van der Waals surface area contributed by atoms with E-state index >= 15 is 0 Å². The molecule has 1 aliphatic rings. The molecule has 0 aromatic carbocycles. The molecule has 0 aromatic heterocycles. The summed E-state index contributed by atoms with van der Waals surface area (Å²) in [6.07, 6.45) is -5.08. The summed E-state index contributed by atoms with van der Waals surface area (Å²) in [6, 6.07) is 0. The van der Waals surface area contributed by atoms with Crippen LogP contribution in [-0.2, 0) is 14.6 Å². The predicted octanol–water partition coefficient (Wildman–Crippen LogP) is 0.774. The number of nitrogens with one attached hydrogen (secondary N) is 1. The van der Waals surface area contributed by atoms with E-state index in [0.717, 1.165) is 0 Å². The van der Waals surface area contributed by atoms with Gasteiger partial charge in [-0.15, -0.1) is 0 Å². The van der Waals surface area contributed by atoms with Crippen molar-refractivity contribution < 1.29 is 44.7 Å². The molecule has 114 valence electrons. The number of rotatable bonds is 2. The number of sulfone groups is 1. The predicted molar refractivity (Wildman–Crippen MR) is 49.9 cm³/mol. The first kappa shape index (κ1) is 18.0. The van der Waals surface area contributed by atoms with Gasteiger partial charge in [0.1, 0.15) is 0 Å². The number of hydrogen-bond donors (Lipinski definition) is 2. The van der Waals surface area contributed by atoms with E-state index in [4.69, 9.17) is 9.90 Å². The standard InChI is InChI=1S/C5H8F3NO2S.C2HF3O2/c6-5(7,8)12(10,11)3-4-1-9-2-4;3-2(4,5)1(6)7/h4,9H,1-3H2;(H,6,7). The lowest BCUT2D eigenvalue weighted by Crippen LogP contribution is -2.47. The molecule has 0 aliphatic carbocycles. The molecular formula is C7H9F6NO4S. The van der Waals surface area contributed by atoms with E-state index in [0.29, 0.717) is 13.1 Å². The first-order valence-electron chi connectivity index (χ1n) is 4.57. The molecular weight excluding hydrogens is 308 g/mol. The van der Waals surface area contributed by atoms with Crippen LogP contribution in [0.2, 0.25) is 0 Å². The van der Waals surface area contributed by atoms with Gasteiger partial charge in [0.25, 0.3) is 0 Å². The summed E-state index contributed by atoms with van der Waals surface area (Å²) in [7, 11) is -4.90. The first-order chi connectivity index (χ1) is 8.27. The van der Waals surface area contributed by atoms with Gasteiger partial charge in [0, 0.05) is 13.1 Å². The van der Waals surface area contributed by atoms with Crippen LogP contribution in [0.3, 0.4) is 0 Å². The average molecular weight is 317 g/mol. The van der Waals surface area contributed by atoms with Crippen molar-refractivity contribution in [1.82, 2.24) is 5.32 Å². The smallest absolute Gasteiger partial charge is 0.475 e. The van der Waals surface area contributed by atoms with Crippen molar-refractivity contribution in [3.63, 3.8) is 0 Å². The zero-order chi connectivity index (χ0) is 15.5. The topological polar surface area (TPSA) is 83.5 Å². The number of carboxylic acid groups (broad SMARTS) is 1. The molecule has 0 spiro atoms. The maximum absolute atomic E-state index is 11.7. The van der Waals surface area contributed by atoms with Gasteiger partial charge in [-0.1, -0.05) is 0 Å². The second kappa shape index (κ2) is 5.94. The van der Waals surface area contributed by atoms with Crippen LogP contribution in [0, 0.1) is 5.92 Å². The second-order valence-corrected chi connectivity index (χ2v) is 5.58. The number of carboxylic acids is 1. The van der Waals surface area contributed by atoms with Crippen molar-refractivity contribution in [2.75, 3.05) is 18.8 Å². The van der Waals surface area contributed by atoms with Crippen LogP contribution in [0.5, 0.6) is 0 Å². The van der Waals surface area contributed by atoms with E-state index in [1.807, 2.05) is 0 Å². The fourth-order valence-corrected chi connectivity index (χ4v) is 1.92. The van der Waals surface area contributed by atoms with Crippen molar-refractivity contribution in [3.8, 4) is 0 Å². The summed E-state index contributed by atoms with van der Waals surface area (Å²) in [5.74, 6) is -3.92. The van der Waals surface area contributed by atoms with Gasteiger partial charge in [0.15, 0.2) is 0 Å². The number of aliphatic carboxylic acids is 1. The number of alkyl halides is 6. The zero-order valence-electron chi connectivity index (χ0n) is 9.05. The van der Waals surface area contributed by atoms with Crippen LogP contribution in [-0.4, -0.2) is 50.0 Å². The number of halogens is 6. The van der Waals surface area contributed by atoms with Crippen LogP contribution in [0.15, 0.2) is 0 Å². The van der Waals surface area contributed by atoms with Gasteiger partial charge in [-0.3, -0.25) is 0 Å². The summed E-state index contributed by atoms with van der Waals surface area (Å²) in [5.41, 5.74) is -5.09. The molecule has 1 heterocycles. The highest BCUT2D eigenvalue weighted by molar-refractivity contribution is 7.92. The summed E-state index contributed by atoms with van der Waals surface area (Å²) in [6.45, 7) is 0.713. The van der Waals surface area contributed by atoms with Gasteiger partial charge in [-0.2, -0.15) is 26.3 Å². The van der Waals surface area contributed by atoms with E-state index in [1.165, 1.54) is 0 Å². The molecule has 1 fully saturated rings. The Hall–Kier alpha value is -1.04. The molecule has 2 N–H and O–H groups in total. The molecule has 0 amide bonds. The van der Waals surface area contributed by atoms with Gasteiger partial charge in [0.2, 0.25) is 9.84 Å². The highest BCUT2D eigenvalue weighted by Gasteiger charge is 2.47. The Morgan fingerprint density at radius 1 is 1.16 bits per heavy atom. The third-order valence-corrected chi connectivity index (χ3v) is 3.53. The Bertz CT molecular complexity index is 410. The van der Waals surface area contributed by atoms with E-state index in [-0.39, 0.29) is 5.92 Å². The van der Waals surface area contributed by atoms with Crippen LogP contribution in [0.4, 0.5) is 26.3 Å². The maximum Gasteiger partial charge on any atom is 0.497 e. The highest BCUT2D eigenvalue weighted by Crippen LogP contribution is 2.26. The number of carbonyl (C=O) groups is 1.